The van der Waals surface area contributed by atoms with E-state index in [9.17, 15) is 46.6 Å². The molecule has 246 valence electrons. The number of likely N-dealkylation sites (tertiary alicyclic amines) is 1. The van der Waals surface area contributed by atoms with Crippen molar-refractivity contribution in [2.75, 3.05) is 49.2 Å². The first-order valence-corrected chi connectivity index (χ1v) is 14.4. The van der Waals surface area contributed by atoms with Crippen LogP contribution in [0.4, 0.5) is 49.1 Å². The second-order valence-corrected chi connectivity index (χ2v) is 10.8. The van der Waals surface area contributed by atoms with Gasteiger partial charge in [0, 0.05) is 35.6 Å². The van der Waals surface area contributed by atoms with Gasteiger partial charge in [0.25, 0.3) is 11.4 Å². The van der Waals surface area contributed by atoms with Crippen molar-refractivity contribution in [1.29, 1.82) is 0 Å². The Morgan fingerprint density at radius 3 is 1.50 bits per heavy atom. The van der Waals surface area contributed by atoms with Gasteiger partial charge in [-0.1, -0.05) is 0 Å². The number of benzene rings is 2. The number of nitrogens with zero attached hydrogens (tertiary/aromatic N) is 3. The van der Waals surface area contributed by atoms with Crippen LogP contribution in [0.25, 0.3) is 0 Å². The molecule has 2 heterocycles. The third-order valence-electron chi connectivity index (χ3n) is 6.80. The first-order chi connectivity index (χ1) is 20.6. The van der Waals surface area contributed by atoms with E-state index >= 15 is 0 Å². The van der Waals surface area contributed by atoms with E-state index in [4.69, 9.17) is 23.2 Å². The molecule has 4 rings (SSSR count). The van der Waals surface area contributed by atoms with E-state index in [1.54, 1.807) is 0 Å². The van der Waals surface area contributed by atoms with E-state index in [-0.39, 0.29) is 28.8 Å². The van der Waals surface area contributed by atoms with Crippen LogP contribution >= 0.6 is 23.2 Å². The van der Waals surface area contributed by atoms with Crippen molar-refractivity contribution >= 4 is 46.0 Å². The molecule has 2 aliphatic rings. The maximum atomic E-state index is 12.9. The number of hydrogen-bond donors (Lipinski definition) is 3. The van der Waals surface area contributed by atoms with Crippen molar-refractivity contribution in [2.45, 2.75) is 50.1 Å². The number of hydrogen-bond acceptors (Lipinski definition) is 8. The van der Waals surface area contributed by atoms with Crippen LogP contribution in [0, 0.1) is 20.2 Å². The van der Waals surface area contributed by atoms with E-state index in [0.717, 1.165) is 76.1 Å². The number of alkyl halides is 8. The third kappa shape index (κ3) is 11.8. The Balaban J connectivity index is 0.000000282. The van der Waals surface area contributed by atoms with Gasteiger partial charge in [-0.15, -0.1) is 23.2 Å². The van der Waals surface area contributed by atoms with Crippen LogP contribution in [0.1, 0.15) is 36.8 Å². The molecule has 0 unspecified atom stereocenters. The minimum absolute atomic E-state index is 0.0822. The van der Waals surface area contributed by atoms with Gasteiger partial charge in [0.2, 0.25) is 0 Å². The Morgan fingerprint density at radius 1 is 0.795 bits per heavy atom. The van der Waals surface area contributed by atoms with Gasteiger partial charge >= 0.3 is 12.4 Å². The van der Waals surface area contributed by atoms with E-state index in [1.165, 1.54) is 12.1 Å². The van der Waals surface area contributed by atoms with Crippen molar-refractivity contribution in [3.05, 3.63) is 67.8 Å². The quantitative estimate of drug-likeness (QED) is 0.126. The highest BCUT2D eigenvalue weighted by molar-refractivity contribution is 6.40. The number of anilines is 2. The zero-order valence-electron chi connectivity index (χ0n) is 23.5. The minimum atomic E-state index is -4.74. The standard InChI is InChI=1S/C13H16F3N3O2.C12H14F3N3O2.CH2Cl2/c1-18-6-4-9(5-7-18)17-10-2-3-12(19(20)21)11(8-10)13(14,15)16;13-12(14,15)10-7-9(1-2-11(10)18(19)20)17-8-3-5-16-6-4-8;2-1-3/h2-3,8-9,17H,4-7H2,1H3;1-2,7-8,16-17H,3-6H2;1H2. The summed E-state index contributed by atoms with van der Waals surface area (Å²) in [6, 6.07) is 6.23. The van der Waals surface area contributed by atoms with Crippen molar-refractivity contribution in [2.24, 2.45) is 0 Å². The first-order valence-electron chi connectivity index (χ1n) is 13.3. The summed E-state index contributed by atoms with van der Waals surface area (Å²) in [6.45, 7) is 3.35. The van der Waals surface area contributed by atoms with Crippen LogP contribution in [0.3, 0.4) is 0 Å². The molecule has 2 fully saturated rings. The molecule has 10 nitrogen and oxygen atoms in total. The summed E-state index contributed by atoms with van der Waals surface area (Å²) in [7, 11) is 1.99. The average molecular weight is 677 g/mol. The Morgan fingerprint density at radius 2 is 1.16 bits per heavy atom. The van der Waals surface area contributed by atoms with Crippen molar-refractivity contribution in [3.63, 3.8) is 0 Å². The van der Waals surface area contributed by atoms with Crippen LogP contribution in [0.2, 0.25) is 0 Å². The monoisotopic (exact) mass is 676 g/mol. The third-order valence-corrected chi connectivity index (χ3v) is 6.80. The van der Waals surface area contributed by atoms with Gasteiger partial charge in [0.05, 0.1) is 15.2 Å². The number of rotatable bonds is 6. The van der Waals surface area contributed by atoms with Gasteiger partial charge in [0.1, 0.15) is 11.1 Å². The molecule has 44 heavy (non-hydrogen) atoms. The lowest BCUT2D eigenvalue weighted by molar-refractivity contribution is -0.388. The predicted octanol–water partition coefficient (Wildman–Crippen LogP) is 7.32. The molecule has 0 saturated carbocycles. The summed E-state index contributed by atoms with van der Waals surface area (Å²) >= 11 is 9.53. The predicted molar refractivity (Wildman–Crippen MR) is 156 cm³/mol. The van der Waals surface area contributed by atoms with Gasteiger partial charge in [-0.05, 0) is 83.2 Å². The normalized spacial score (nSPS) is 16.6. The zero-order valence-corrected chi connectivity index (χ0v) is 25.0. The van der Waals surface area contributed by atoms with Crippen LogP contribution < -0.4 is 16.0 Å². The number of piperidine rings is 2. The molecule has 0 amide bonds. The fraction of sp³-hybridized carbons (Fsp3) is 0.538. The van der Waals surface area contributed by atoms with Crippen molar-refractivity contribution < 1.29 is 36.2 Å². The number of nitro benzene ring substituents is 2. The molecule has 18 heteroatoms. The zero-order chi connectivity index (χ0) is 33.1. The highest BCUT2D eigenvalue weighted by Crippen LogP contribution is 2.39. The van der Waals surface area contributed by atoms with Crippen LogP contribution in [0.5, 0.6) is 0 Å². The highest BCUT2D eigenvalue weighted by atomic mass is 35.5. The topological polar surface area (TPSA) is 126 Å². The molecule has 0 spiro atoms. The van der Waals surface area contributed by atoms with Gasteiger partial charge in [-0.3, -0.25) is 20.2 Å². The number of halogens is 8. The molecule has 0 radical (unpaired) electrons. The number of nitro groups is 2. The van der Waals surface area contributed by atoms with Gasteiger partial charge in [-0.2, -0.15) is 26.3 Å². The molecule has 2 aliphatic heterocycles. The minimum Gasteiger partial charge on any atom is -0.382 e. The molecule has 0 aromatic heterocycles. The van der Waals surface area contributed by atoms with Gasteiger partial charge < -0.3 is 20.9 Å². The van der Waals surface area contributed by atoms with E-state index in [1.807, 2.05) is 7.05 Å². The molecule has 2 saturated heterocycles. The Kier molecular flexibility index (Phi) is 14.2. The van der Waals surface area contributed by atoms with Gasteiger partial charge in [0.15, 0.2) is 0 Å². The van der Waals surface area contributed by atoms with E-state index in [2.05, 4.69) is 20.9 Å². The second kappa shape index (κ2) is 16.8. The molecule has 0 aliphatic carbocycles. The van der Waals surface area contributed by atoms with Crippen molar-refractivity contribution in [3.8, 4) is 0 Å². The molecule has 0 atom stereocenters. The lowest BCUT2D eigenvalue weighted by atomic mass is 10.0. The van der Waals surface area contributed by atoms with Crippen LogP contribution in [-0.2, 0) is 12.4 Å². The summed E-state index contributed by atoms with van der Waals surface area (Å²) in [4.78, 5) is 21.5. The Bertz CT molecular complexity index is 1240. The largest absolute Gasteiger partial charge is 0.423 e. The maximum Gasteiger partial charge on any atom is 0.423 e. The molecule has 3 N–H and O–H groups in total. The fourth-order valence-corrected chi connectivity index (χ4v) is 4.61. The lowest BCUT2D eigenvalue weighted by Gasteiger charge is -2.30. The summed E-state index contributed by atoms with van der Waals surface area (Å²) in [6.07, 6.45) is -6.22. The second-order valence-electron chi connectivity index (χ2n) is 9.97. The molecular formula is C26H32Cl2F6N6O4. The lowest BCUT2D eigenvalue weighted by Crippen LogP contribution is -2.36. The first kappa shape index (κ1) is 37.1. The smallest absolute Gasteiger partial charge is 0.382 e. The van der Waals surface area contributed by atoms with E-state index in [0.29, 0.717) is 0 Å². The maximum absolute atomic E-state index is 12.9. The summed E-state index contributed by atoms with van der Waals surface area (Å²) in [5.74, 6) is 0. The SMILES string of the molecule is CN1CCC(Nc2ccc([N+](=O)[O-])c(C(F)(F)F)c2)CC1.ClCCl.O=[N+]([O-])c1ccc(NC2CCNCC2)cc1C(F)(F)F. The highest BCUT2D eigenvalue weighted by Gasteiger charge is 2.39. The van der Waals surface area contributed by atoms with Crippen molar-refractivity contribution in [1.82, 2.24) is 10.2 Å². The number of nitrogens with one attached hydrogen (secondary N) is 3. The van der Waals surface area contributed by atoms with Gasteiger partial charge in [-0.25, -0.2) is 0 Å². The Labute approximate surface area is 259 Å². The van der Waals surface area contributed by atoms with E-state index < -0.39 is 44.7 Å². The fourth-order valence-electron chi connectivity index (χ4n) is 4.61. The average Bonchev–Trinajstić information content (AvgIpc) is 2.94. The molecular weight excluding hydrogens is 645 g/mol. The summed E-state index contributed by atoms with van der Waals surface area (Å²) in [5.41, 5.74) is -3.76. The molecule has 2 aromatic rings. The van der Waals surface area contributed by atoms with Crippen LogP contribution in [-0.4, -0.2) is 65.4 Å². The summed E-state index contributed by atoms with van der Waals surface area (Å²) < 4.78 is 77.1. The van der Waals surface area contributed by atoms with Crippen LogP contribution in [0.15, 0.2) is 36.4 Å². The summed E-state index contributed by atoms with van der Waals surface area (Å²) in [5, 5.41) is 30.7. The Hall–Kier alpha value is -3.08. The molecule has 0 bridgehead atoms. The molecule has 2 aromatic carbocycles.